The van der Waals surface area contributed by atoms with Gasteiger partial charge in [0.2, 0.25) is 0 Å². The number of benzene rings is 2. The maximum atomic E-state index is 12.1. The molecule has 30 heavy (non-hydrogen) atoms. The van der Waals surface area contributed by atoms with E-state index in [1.807, 2.05) is 55.5 Å². The molecule has 0 unspecified atom stereocenters. The minimum atomic E-state index is -0.196. The van der Waals surface area contributed by atoms with Crippen LogP contribution in [0.5, 0.6) is 5.75 Å². The maximum Gasteiger partial charge on any atom is 0.250 e. The van der Waals surface area contributed by atoms with Crippen molar-refractivity contribution in [3.05, 3.63) is 64.7 Å². The topological polar surface area (TPSA) is 76.5 Å². The molecule has 1 amide bonds. The summed E-state index contributed by atoms with van der Waals surface area (Å²) in [5.41, 5.74) is 5.37. The van der Waals surface area contributed by atoms with E-state index < -0.39 is 0 Å². The summed E-state index contributed by atoms with van der Waals surface area (Å²) in [5, 5.41) is 13.2. The number of carbonyl (C=O) groups is 1. The zero-order chi connectivity index (χ0) is 21.3. The first-order valence-electron chi connectivity index (χ1n) is 8.84. The third kappa shape index (κ3) is 7.02. The summed E-state index contributed by atoms with van der Waals surface area (Å²) < 4.78 is 6.75. The van der Waals surface area contributed by atoms with Crippen LogP contribution in [0.4, 0.5) is 0 Å². The third-order valence-electron chi connectivity index (χ3n) is 3.85. The maximum absolute atomic E-state index is 12.1. The van der Waals surface area contributed by atoms with Crippen molar-refractivity contribution in [2.45, 2.75) is 21.4 Å². The SMILES string of the molecule is COc1ccc(/C(C)=N/NC(=O)CSc2nnc(SCc3ccc(Cl)cc3)s2)cc1. The van der Waals surface area contributed by atoms with Gasteiger partial charge in [-0.15, -0.1) is 10.2 Å². The Morgan fingerprint density at radius 1 is 1.10 bits per heavy atom. The van der Waals surface area contributed by atoms with E-state index >= 15 is 0 Å². The average Bonchev–Trinajstić information content (AvgIpc) is 3.23. The Morgan fingerprint density at radius 3 is 2.43 bits per heavy atom. The highest BCUT2D eigenvalue weighted by atomic mass is 35.5. The lowest BCUT2D eigenvalue weighted by Gasteiger charge is -2.04. The summed E-state index contributed by atoms with van der Waals surface area (Å²) >= 11 is 10.3. The van der Waals surface area contributed by atoms with Crippen LogP contribution in [0.15, 0.2) is 62.3 Å². The Bertz CT molecular complexity index is 1010. The second kappa shape index (κ2) is 11.4. The highest BCUT2D eigenvalue weighted by Crippen LogP contribution is 2.30. The van der Waals surface area contributed by atoms with Gasteiger partial charge in [0.05, 0.1) is 18.6 Å². The van der Waals surface area contributed by atoms with Crippen molar-refractivity contribution in [1.29, 1.82) is 0 Å². The number of hydrogen-bond donors (Lipinski definition) is 1. The number of amides is 1. The number of nitrogens with zero attached hydrogens (tertiary/aromatic N) is 3. The average molecular weight is 479 g/mol. The molecule has 0 atom stereocenters. The fourth-order valence-electron chi connectivity index (χ4n) is 2.24. The quantitative estimate of drug-likeness (QED) is 0.261. The standard InChI is InChI=1S/C20H19ClN4O2S3/c1-13(15-5-9-17(27-2)10-6-15)22-23-18(26)12-29-20-25-24-19(30-20)28-11-14-3-7-16(21)8-4-14/h3-10H,11-12H2,1-2H3,(H,23,26)/b22-13+. The molecule has 0 spiro atoms. The van der Waals surface area contributed by atoms with E-state index in [0.29, 0.717) is 5.71 Å². The van der Waals surface area contributed by atoms with Gasteiger partial charge in [0.25, 0.3) is 5.91 Å². The van der Waals surface area contributed by atoms with Crippen molar-refractivity contribution < 1.29 is 9.53 Å². The minimum absolute atomic E-state index is 0.196. The summed E-state index contributed by atoms with van der Waals surface area (Å²) in [5.74, 6) is 1.58. The molecule has 0 aliphatic carbocycles. The van der Waals surface area contributed by atoms with Crippen LogP contribution in [0.3, 0.4) is 0 Å². The van der Waals surface area contributed by atoms with E-state index in [0.717, 1.165) is 30.8 Å². The number of hydrogen-bond acceptors (Lipinski definition) is 8. The largest absolute Gasteiger partial charge is 0.497 e. The molecule has 1 aromatic heterocycles. The molecular formula is C20H19ClN4O2S3. The van der Waals surface area contributed by atoms with Crippen LogP contribution in [0.2, 0.25) is 5.02 Å². The Morgan fingerprint density at radius 2 is 1.77 bits per heavy atom. The van der Waals surface area contributed by atoms with Crippen molar-refractivity contribution in [3.63, 3.8) is 0 Å². The van der Waals surface area contributed by atoms with Crippen molar-refractivity contribution in [1.82, 2.24) is 15.6 Å². The Balaban J connectivity index is 1.43. The van der Waals surface area contributed by atoms with E-state index in [1.54, 1.807) is 18.9 Å². The molecule has 1 N–H and O–H groups in total. The number of aromatic nitrogens is 2. The van der Waals surface area contributed by atoms with E-state index in [-0.39, 0.29) is 11.7 Å². The summed E-state index contributed by atoms with van der Waals surface area (Å²) in [7, 11) is 1.62. The predicted octanol–water partition coefficient (Wildman–Crippen LogP) is 5.12. The van der Waals surface area contributed by atoms with Gasteiger partial charge in [0.1, 0.15) is 5.75 Å². The molecular weight excluding hydrogens is 460 g/mol. The lowest BCUT2D eigenvalue weighted by molar-refractivity contribution is -0.118. The van der Waals surface area contributed by atoms with Crippen molar-refractivity contribution in [2.24, 2.45) is 5.10 Å². The smallest absolute Gasteiger partial charge is 0.250 e. The Labute approximate surface area is 192 Å². The second-order valence-corrected chi connectivity index (χ2v) is 9.86. The van der Waals surface area contributed by atoms with E-state index in [9.17, 15) is 4.79 Å². The first-order chi connectivity index (χ1) is 14.5. The molecule has 3 rings (SSSR count). The fourth-order valence-corrected chi connectivity index (χ4v) is 5.14. The number of thioether (sulfide) groups is 2. The van der Waals surface area contributed by atoms with Crippen LogP contribution >= 0.6 is 46.5 Å². The molecule has 0 radical (unpaired) electrons. The second-order valence-electron chi connectivity index (χ2n) is 6.00. The lowest BCUT2D eigenvalue weighted by atomic mass is 10.1. The van der Waals surface area contributed by atoms with Gasteiger partial charge in [-0.1, -0.05) is 58.6 Å². The number of hydrazone groups is 1. The number of methoxy groups -OCH3 is 1. The first kappa shape index (κ1) is 22.6. The van der Waals surface area contributed by atoms with Crippen molar-refractivity contribution in [3.8, 4) is 5.75 Å². The zero-order valence-electron chi connectivity index (χ0n) is 16.3. The first-order valence-corrected chi connectivity index (χ1v) is 12.0. The van der Waals surface area contributed by atoms with Crippen LogP contribution in [-0.2, 0) is 10.5 Å². The molecule has 0 fully saturated rings. The summed E-state index contributed by atoms with van der Waals surface area (Å²) in [6.45, 7) is 1.84. The summed E-state index contributed by atoms with van der Waals surface area (Å²) in [6.07, 6.45) is 0. The molecule has 0 bridgehead atoms. The Hall–Kier alpha value is -2.07. The van der Waals surface area contributed by atoms with Crippen LogP contribution in [0, 0.1) is 0 Å². The normalized spacial score (nSPS) is 11.4. The number of nitrogens with one attached hydrogen (secondary N) is 1. The molecule has 156 valence electrons. The third-order valence-corrected chi connectivity index (χ3v) is 7.36. The lowest BCUT2D eigenvalue weighted by Crippen LogP contribution is -2.21. The molecule has 1 heterocycles. The highest BCUT2D eigenvalue weighted by Gasteiger charge is 2.09. The van der Waals surface area contributed by atoms with Crippen LogP contribution in [0.25, 0.3) is 0 Å². The van der Waals surface area contributed by atoms with E-state index in [2.05, 4.69) is 20.7 Å². The van der Waals surface area contributed by atoms with Gasteiger partial charge in [-0.25, -0.2) is 5.43 Å². The van der Waals surface area contributed by atoms with E-state index in [4.69, 9.17) is 16.3 Å². The number of halogens is 1. The number of carbonyl (C=O) groups excluding carboxylic acids is 1. The van der Waals surface area contributed by atoms with Gasteiger partial charge in [-0.3, -0.25) is 4.79 Å². The van der Waals surface area contributed by atoms with Gasteiger partial charge < -0.3 is 4.74 Å². The Kier molecular flexibility index (Phi) is 8.56. The van der Waals surface area contributed by atoms with Gasteiger partial charge in [0.15, 0.2) is 8.68 Å². The molecule has 0 saturated carbocycles. The zero-order valence-corrected chi connectivity index (χ0v) is 19.5. The molecule has 0 saturated heterocycles. The van der Waals surface area contributed by atoms with Gasteiger partial charge in [-0.05, 0) is 54.4 Å². The van der Waals surface area contributed by atoms with Crippen LogP contribution in [0.1, 0.15) is 18.1 Å². The molecule has 0 aliphatic heterocycles. The highest BCUT2D eigenvalue weighted by molar-refractivity contribution is 8.03. The molecule has 10 heteroatoms. The monoisotopic (exact) mass is 478 g/mol. The molecule has 0 aliphatic rings. The number of ether oxygens (including phenoxy) is 1. The predicted molar refractivity (Wildman–Crippen MR) is 125 cm³/mol. The van der Waals surface area contributed by atoms with Gasteiger partial charge >= 0.3 is 0 Å². The molecule has 6 nitrogen and oxygen atoms in total. The van der Waals surface area contributed by atoms with Crippen molar-refractivity contribution >= 4 is 58.1 Å². The van der Waals surface area contributed by atoms with Gasteiger partial charge in [0, 0.05) is 10.8 Å². The summed E-state index contributed by atoms with van der Waals surface area (Å²) in [4.78, 5) is 12.1. The van der Waals surface area contributed by atoms with Gasteiger partial charge in [-0.2, -0.15) is 5.10 Å². The summed E-state index contributed by atoms with van der Waals surface area (Å²) in [6, 6.07) is 15.2. The molecule has 2 aromatic carbocycles. The van der Waals surface area contributed by atoms with Crippen LogP contribution in [-0.4, -0.2) is 34.7 Å². The van der Waals surface area contributed by atoms with Crippen molar-refractivity contribution in [2.75, 3.05) is 12.9 Å². The fraction of sp³-hybridized carbons (Fsp3) is 0.200. The van der Waals surface area contributed by atoms with Crippen LogP contribution < -0.4 is 10.2 Å². The molecule has 3 aromatic rings. The van der Waals surface area contributed by atoms with E-state index in [1.165, 1.54) is 28.7 Å². The minimum Gasteiger partial charge on any atom is -0.497 e. The number of rotatable bonds is 9.